The normalized spacial score (nSPS) is 18.9. The van der Waals surface area contributed by atoms with Gasteiger partial charge in [0.2, 0.25) is 6.41 Å². The van der Waals surface area contributed by atoms with E-state index in [4.69, 9.17) is 0 Å². The summed E-state index contributed by atoms with van der Waals surface area (Å²) >= 11 is 0. The summed E-state index contributed by atoms with van der Waals surface area (Å²) in [7, 11) is 0. The Kier molecular flexibility index (Phi) is 2.90. The zero-order chi connectivity index (χ0) is 10.7. The Morgan fingerprint density at radius 2 is 2.33 bits per heavy atom. The predicted molar refractivity (Wildman–Crippen MR) is 60.7 cm³/mol. The monoisotopic (exact) mass is 204 g/mol. The number of hydrogen-bond acceptors (Lipinski definition) is 2. The van der Waals surface area contributed by atoms with Gasteiger partial charge in [-0.1, -0.05) is 18.2 Å². The topological polar surface area (TPSA) is 32.3 Å². The molecule has 1 amide bonds. The number of hydrogen-bond donors (Lipinski definition) is 1. The van der Waals surface area contributed by atoms with Gasteiger partial charge in [-0.25, -0.2) is 0 Å². The van der Waals surface area contributed by atoms with Crippen LogP contribution in [0.2, 0.25) is 0 Å². The average molecular weight is 204 g/mol. The molecule has 0 saturated heterocycles. The van der Waals surface area contributed by atoms with Crippen LogP contribution in [0.4, 0.5) is 5.69 Å². The molecule has 1 aromatic carbocycles. The second-order valence-corrected chi connectivity index (χ2v) is 3.75. The fourth-order valence-electron chi connectivity index (χ4n) is 2.16. The number of amides is 1. The van der Waals surface area contributed by atoms with Crippen molar-refractivity contribution in [2.75, 3.05) is 18.4 Å². The zero-order valence-corrected chi connectivity index (χ0v) is 8.94. The fourth-order valence-corrected chi connectivity index (χ4v) is 2.16. The van der Waals surface area contributed by atoms with E-state index in [-0.39, 0.29) is 6.04 Å². The molecular formula is C12H16N2O. The van der Waals surface area contributed by atoms with E-state index in [0.29, 0.717) is 0 Å². The van der Waals surface area contributed by atoms with E-state index in [2.05, 4.69) is 17.4 Å². The Morgan fingerprint density at radius 1 is 1.53 bits per heavy atom. The van der Waals surface area contributed by atoms with E-state index >= 15 is 0 Å². The molecule has 1 N–H and O–H groups in total. The Balaban J connectivity index is 2.32. The number of rotatable bonds is 3. The second kappa shape index (κ2) is 4.34. The van der Waals surface area contributed by atoms with Crippen molar-refractivity contribution in [3.05, 3.63) is 29.8 Å². The van der Waals surface area contributed by atoms with Crippen LogP contribution in [-0.2, 0) is 4.79 Å². The number of para-hydroxylation sites is 1. The van der Waals surface area contributed by atoms with Crippen LogP contribution in [0.1, 0.15) is 24.9 Å². The molecule has 2 rings (SSSR count). The first-order valence-electron chi connectivity index (χ1n) is 5.40. The van der Waals surface area contributed by atoms with E-state index < -0.39 is 0 Å². The maximum atomic E-state index is 11.0. The quantitative estimate of drug-likeness (QED) is 0.764. The van der Waals surface area contributed by atoms with Crippen molar-refractivity contribution in [2.24, 2.45) is 0 Å². The van der Waals surface area contributed by atoms with Crippen LogP contribution in [-0.4, -0.2) is 24.4 Å². The molecule has 80 valence electrons. The molecular weight excluding hydrogens is 188 g/mol. The highest BCUT2D eigenvalue weighted by Crippen LogP contribution is 2.32. The maximum Gasteiger partial charge on any atom is 0.210 e. The first-order chi connectivity index (χ1) is 7.36. The third kappa shape index (κ3) is 1.82. The standard InChI is InChI=1S/C12H16N2O/c1-2-14(9-15)12-7-8-13-11-6-4-3-5-10(11)12/h3-6,9,12-13H,2,7-8H2,1H3/t12-/m1/s1. The minimum absolute atomic E-state index is 0.241. The Labute approximate surface area is 90.1 Å². The molecule has 1 atom stereocenters. The lowest BCUT2D eigenvalue weighted by Crippen LogP contribution is -2.32. The van der Waals surface area contributed by atoms with Crippen LogP contribution in [0.15, 0.2) is 24.3 Å². The molecule has 1 aliphatic heterocycles. The van der Waals surface area contributed by atoms with Crippen molar-refractivity contribution in [1.29, 1.82) is 0 Å². The number of carbonyl (C=O) groups is 1. The van der Waals surface area contributed by atoms with Crippen molar-refractivity contribution in [3.63, 3.8) is 0 Å². The molecule has 0 aliphatic carbocycles. The van der Waals surface area contributed by atoms with Crippen LogP contribution in [0, 0.1) is 0 Å². The zero-order valence-electron chi connectivity index (χ0n) is 8.94. The smallest absolute Gasteiger partial charge is 0.210 e. The number of nitrogens with one attached hydrogen (secondary N) is 1. The average Bonchev–Trinajstić information content (AvgIpc) is 2.31. The van der Waals surface area contributed by atoms with Gasteiger partial charge in [0, 0.05) is 18.8 Å². The van der Waals surface area contributed by atoms with Gasteiger partial charge in [0.05, 0.1) is 6.04 Å². The van der Waals surface area contributed by atoms with Crippen LogP contribution in [0.5, 0.6) is 0 Å². The minimum atomic E-state index is 0.241. The molecule has 0 unspecified atom stereocenters. The van der Waals surface area contributed by atoms with Gasteiger partial charge < -0.3 is 10.2 Å². The lowest BCUT2D eigenvalue weighted by atomic mass is 9.97. The van der Waals surface area contributed by atoms with Gasteiger partial charge in [0.15, 0.2) is 0 Å². The number of fused-ring (bicyclic) bond motifs is 1. The third-order valence-electron chi connectivity index (χ3n) is 2.95. The summed E-state index contributed by atoms with van der Waals surface area (Å²) in [6, 6.07) is 8.45. The van der Waals surface area contributed by atoms with Crippen molar-refractivity contribution in [3.8, 4) is 0 Å². The molecule has 0 bridgehead atoms. The molecule has 1 aliphatic rings. The SMILES string of the molecule is CCN(C=O)[C@@H]1CCNc2ccccc21. The van der Waals surface area contributed by atoms with Gasteiger partial charge in [-0.05, 0) is 25.0 Å². The van der Waals surface area contributed by atoms with Crippen LogP contribution in [0.3, 0.4) is 0 Å². The van der Waals surface area contributed by atoms with Gasteiger partial charge in [-0.2, -0.15) is 0 Å². The lowest BCUT2D eigenvalue weighted by Gasteiger charge is -2.33. The lowest BCUT2D eigenvalue weighted by molar-refractivity contribution is -0.120. The number of benzene rings is 1. The second-order valence-electron chi connectivity index (χ2n) is 3.75. The summed E-state index contributed by atoms with van der Waals surface area (Å²) < 4.78 is 0. The molecule has 3 nitrogen and oxygen atoms in total. The number of nitrogens with zero attached hydrogens (tertiary/aromatic N) is 1. The molecule has 15 heavy (non-hydrogen) atoms. The molecule has 0 aromatic heterocycles. The third-order valence-corrected chi connectivity index (χ3v) is 2.95. The largest absolute Gasteiger partial charge is 0.385 e. The summed E-state index contributed by atoms with van der Waals surface area (Å²) in [5, 5.41) is 3.35. The summed E-state index contributed by atoms with van der Waals surface area (Å²) in [6.45, 7) is 3.72. The van der Waals surface area contributed by atoms with Gasteiger partial charge in [-0.3, -0.25) is 4.79 Å². The van der Waals surface area contributed by atoms with Crippen molar-refractivity contribution in [2.45, 2.75) is 19.4 Å². The summed E-state index contributed by atoms with van der Waals surface area (Å²) in [4.78, 5) is 12.8. The van der Waals surface area contributed by atoms with Crippen LogP contribution < -0.4 is 5.32 Å². The highest BCUT2D eigenvalue weighted by molar-refractivity contribution is 5.57. The summed E-state index contributed by atoms with van der Waals surface area (Å²) in [5.74, 6) is 0. The van der Waals surface area contributed by atoms with Crippen molar-refractivity contribution < 1.29 is 4.79 Å². The van der Waals surface area contributed by atoms with E-state index in [0.717, 1.165) is 31.6 Å². The van der Waals surface area contributed by atoms with E-state index in [1.54, 1.807) is 0 Å². The maximum absolute atomic E-state index is 11.0. The predicted octanol–water partition coefficient (Wildman–Crippen LogP) is 2.02. The molecule has 0 spiro atoms. The molecule has 1 aromatic rings. The Morgan fingerprint density at radius 3 is 3.07 bits per heavy atom. The molecule has 0 saturated carbocycles. The van der Waals surface area contributed by atoms with Crippen molar-refractivity contribution in [1.82, 2.24) is 4.90 Å². The molecule has 0 fully saturated rings. The number of carbonyl (C=O) groups excluding carboxylic acids is 1. The van der Waals surface area contributed by atoms with Gasteiger partial charge >= 0.3 is 0 Å². The highest BCUT2D eigenvalue weighted by atomic mass is 16.1. The van der Waals surface area contributed by atoms with Crippen LogP contribution >= 0.6 is 0 Å². The van der Waals surface area contributed by atoms with E-state index in [1.165, 1.54) is 5.56 Å². The van der Waals surface area contributed by atoms with Crippen molar-refractivity contribution >= 4 is 12.1 Å². The van der Waals surface area contributed by atoms with Crippen LogP contribution in [0.25, 0.3) is 0 Å². The van der Waals surface area contributed by atoms with Gasteiger partial charge in [-0.15, -0.1) is 0 Å². The van der Waals surface area contributed by atoms with Gasteiger partial charge in [0.1, 0.15) is 0 Å². The fraction of sp³-hybridized carbons (Fsp3) is 0.417. The Bertz CT molecular complexity index is 351. The first-order valence-corrected chi connectivity index (χ1v) is 5.40. The molecule has 3 heteroatoms. The Hall–Kier alpha value is -1.51. The number of anilines is 1. The molecule has 0 radical (unpaired) electrons. The summed E-state index contributed by atoms with van der Waals surface area (Å²) in [5.41, 5.74) is 2.40. The summed E-state index contributed by atoms with van der Waals surface area (Å²) in [6.07, 6.45) is 1.94. The van der Waals surface area contributed by atoms with E-state index in [9.17, 15) is 4.79 Å². The molecule has 1 heterocycles. The highest BCUT2D eigenvalue weighted by Gasteiger charge is 2.23. The first kappa shape index (κ1) is 10.0. The van der Waals surface area contributed by atoms with Gasteiger partial charge in [0.25, 0.3) is 0 Å². The van der Waals surface area contributed by atoms with E-state index in [1.807, 2.05) is 24.0 Å². The minimum Gasteiger partial charge on any atom is -0.385 e.